The summed E-state index contributed by atoms with van der Waals surface area (Å²) in [6.45, 7) is 8.00. The molecule has 22 heavy (non-hydrogen) atoms. The molecule has 2 aromatic heterocycles. The fourth-order valence-electron chi connectivity index (χ4n) is 1.90. The molecule has 1 fully saturated rings. The highest BCUT2D eigenvalue weighted by Gasteiger charge is 2.52. The van der Waals surface area contributed by atoms with Crippen molar-refractivity contribution < 1.29 is 14.1 Å². The second-order valence-electron chi connectivity index (χ2n) is 5.98. The number of rotatable bonds is 3. The van der Waals surface area contributed by atoms with Crippen molar-refractivity contribution in [3.05, 3.63) is 22.8 Å². The van der Waals surface area contributed by atoms with Crippen LogP contribution >= 0.6 is 22.7 Å². The van der Waals surface area contributed by atoms with Crippen molar-refractivity contribution in [1.82, 2.24) is 9.97 Å². The van der Waals surface area contributed by atoms with E-state index in [-0.39, 0.29) is 5.91 Å². The molecule has 1 amide bonds. The van der Waals surface area contributed by atoms with Gasteiger partial charge in [-0.1, -0.05) is 0 Å². The number of nitrogens with zero attached hydrogens (tertiary/aromatic N) is 2. The van der Waals surface area contributed by atoms with Crippen molar-refractivity contribution in [2.45, 2.75) is 38.9 Å². The molecule has 0 saturated carbocycles. The highest BCUT2D eigenvalue weighted by atomic mass is 32.1. The molecule has 1 aliphatic rings. The summed E-state index contributed by atoms with van der Waals surface area (Å²) in [6.07, 6.45) is 3.21. The van der Waals surface area contributed by atoms with Crippen LogP contribution in [0.15, 0.2) is 17.9 Å². The van der Waals surface area contributed by atoms with Gasteiger partial charge in [0.1, 0.15) is 4.88 Å². The Kier molecular flexibility index (Phi) is 3.84. The Morgan fingerprint density at radius 1 is 1.23 bits per heavy atom. The molecule has 3 rings (SSSR count). The molecule has 2 aromatic rings. The van der Waals surface area contributed by atoms with Gasteiger partial charge in [0.25, 0.3) is 5.91 Å². The van der Waals surface area contributed by atoms with Crippen molar-refractivity contribution in [1.29, 1.82) is 0 Å². The summed E-state index contributed by atoms with van der Waals surface area (Å²) in [5.41, 5.74) is 0.827. The molecule has 1 aliphatic heterocycles. The van der Waals surface area contributed by atoms with Crippen molar-refractivity contribution >= 4 is 45.6 Å². The Bertz CT molecular complexity index is 669. The molecule has 0 aliphatic carbocycles. The summed E-state index contributed by atoms with van der Waals surface area (Å²) >= 11 is 2.63. The molecule has 0 aromatic carbocycles. The van der Waals surface area contributed by atoms with E-state index in [0.29, 0.717) is 10.0 Å². The molecule has 1 saturated heterocycles. The van der Waals surface area contributed by atoms with E-state index in [1.807, 2.05) is 27.7 Å². The number of aromatic nitrogens is 2. The zero-order chi connectivity index (χ0) is 16.0. The van der Waals surface area contributed by atoms with Gasteiger partial charge in [-0.15, -0.1) is 22.7 Å². The Morgan fingerprint density at radius 3 is 2.50 bits per heavy atom. The lowest BCUT2D eigenvalue weighted by molar-refractivity contribution is 0.00578. The Morgan fingerprint density at radius 2 is 1.91 bits per heavy atom. The van der Waals surface area contributed by atoms with Crippen LogP contribution in [0.2, 0.25) is 0 Å². The van der Waals surface area contributed by atoms with Crippen molar-refractivity contribution in [2.75, 3.05) is 5.32 Å². The number of amides is 1. The van der Waals surface area contributed by atoms with Gasteiger partial charge in [0.05, 0.1) is 27.7 Å². The van der Waals surface area contributed by atoms with E-state index < -0.39 is 18.3 Å². The van der Waals surface area contributed by atoms with Gasteiger partial charge >= 0.3 is 7.12 Å². The van der Waals surface area contributed by atoms with E-state index in [1.165, 1.54) is 28.9 Å². The maximum absolute atomic E-state index is 12.0. The summed E-state index contributed by atoms with van der Waals surface area (Å²) in [5.74, 6) is -0.211. The second kappa shape index (κ2) is 5.41. The number of nitrogens with one attached hydrogen (secondary N) is 1. The van der Waals surface area contributed by atoms with E-state index >= 15 is 0 Å². The lowest BCUT2D eigenvalue weighted by atomic mass is 9.89. The van der Waals surface area contributed by atoms with E-state index in [9.17, 15) is 4.79 Å². The van der Waals surface area contributed by atoms with Crippen LogP contribution in [-0.2, 0) is 9.31 Å². The summed E-state index contributed by atoms with van der Waals surface area (Å²) in [6, 6.07) is 0. The summed E-state index contributed by atoms with van der Waals surface area (Å²) < 4.78 is 12.8. The van der Waals surface area contributed by atoms with Gasteiger partial charge in [0.2, 0.25) is 0 Å². The number of thiazole rings is 2. The third-order valence-electron chi connectivity index (χ3n) is 3.89. The average molecular weight is 337 g/mol. The third kappa shape index (κ3) is 2.81. The second-order valence-corrected chi connectivity index (χ2v) is 7.92. The minimum Gasteiger partial charge on any atom is -0.399 e. The number of hydrogen-bond donors (Lipinski definition) is 1. The molecule has 116 valence electrons. The molecule has 6 nitrogen and oxygen atoms in total. The van der Waals surface area contributed by atoms with Crippen LogP contribution in [0.3, 0.4) is 0 Å². The van der Waals surface area contributed by atoms with Crippen LogP contribution in [0.25, 0.3) is 0 Å². The normalized spacial score (nSPS) is 19.4. The Balaban J connectivity index is 1.71. The highest BCUT2D eigenvalue weighted by Crippen LogP contribution is 2.37. The number of carbonyl (C=O) groups is 1. The van der Waals surface area contributed by atoms with Crippen LogP contribution in [0.1, 0.15) is 37.4 Å². The minimum atomic E-state index is -0.462. The van der Waals surface area contributed by atoms with Crippen LogP contribution < -0.4 is 10.1 Å². The zero-order valence-corrected chi connectivity index (χ0v) is 14.4. The number of anilines is 1. The smallest absolute Gasteiger partial charge is 0.399 e. The summed E-state index contributed by atoms with van der Waals surface area (Å²) in [7, 11) is -0.462. The topological polar surface area (TPSA) is 73.3 Å². The van der Waals surface area contributed by atoms with Crippen LogP contribution in [0, 0.1) is 0 Å². The number of hydrogen-bond acceptors (Lipinski definition) is 7. The fourth-order valence-corrected chi connectivity index (χ4v) is 3.18. The monoisotopic (exact) mass is 337 g/mol. The predicted octanol–water partition coefficient (Wildman–Crippen LogP) is 2.15. The van der Waals surface area contributed by atoms with Crippen molar-refractivity contribution in [3.63, 3.8) is 0 Å². The minimum absolute atomic E-state index is 0.211. The van der Waals surface area contributed by atoms with Gasteiger partial charge < -0.3 is 9.31 Å². The van der Waals surface area contributed by atoms with Crippen LogP contribution in [0.5, 0.6) is 0 Å². The maximum atomic E-state index is 12.0. The molecule has 0 atom stereocenters. The largest absolute Gasteiger partial charge is 0.507 e. The fraction of sp³-hybridized carbons (Fsp3) is 0.462. The van der Waals surface area contributed by atoms with Crippen molar-refractivity contribution in [2.24, 2.45) is 0 Å². The first-order valence-corrected chi connectivity index (χ1v) is 8.49. The molecule has 0 radical (unpaired) electrons. The Labute approximate surface area is 137 Å². The quantitative estimate of drug-likeness (QED) is 0.869. The van der Waals surface area contributed by atoms with Gasteiger partial charge in [-0.3, -0.25) is 15.1 Å². The third-order valence-corrected chi connectivity index (χ3v) is 5.59. The van der Waals surface area contributed by atoms with Gasteiger partial charge in [-0.05, 0) is 27.7 Å². The van der Waals surface area contributed by atoms with Gasteiger partial charge in [0, 0.05) is 6.20 Å². The zero-order valence-electron chi connectivity index (χ0n) is 12.7. The summed E-state index contributed by atoms with van der Waals surface area (Å²) in [5, 5.41) is 3.27. The average Bonchev–Trinajstić information content (AvgIpc) is 3.11. The molecular weight excluding hydrogens is 321 g/mol. The van der Waals surface area contributed by atoms with Crippen LogP contribution in [0.4, 0.5) is 5.13 Å². The first-order valence-electron chi connectivity index (χ1n) is 6.80. The molecule has 0 unspecified atom stereocenters. The first kappa shape index (κ1) is 15.6. The number of carbonyl (C=O) groups excluding carboxylic acids is 1. The van der Waals surface area contributed by atoms with Gasteiger partial charge in [-0.25, -0.2) is 4.98 Å². The van der Waals surface area contributed by atoms with Crippen molar-refractivity contribution in [3.8, 4) is 0 Å². The standard InChI is InChI=1S/C13H16BN3O3S2/c1-12(2)13(3,4)20-14(19-12)9-6-16-11(22-9)17-10(18)8-5-15-7-21-8/h5-7H,1-4H3,(H,16,17,18). The molecule has 1 N–H and O–H groups in total. The molecule has 0 spiro atoms. The van der Waals surface area contributed by atoms with E-state index in [4.69, 9.17) is 9.31 Å². The van der Waals surface area contributed by atoms with Crippen LogP contribution in [-0.4, -0.2) is 34.2 Å². The van der Waals surface area contributed by atoms with E-state index in [2.05, 4.69) is 15.3 Å². The summed E-state index contributed by atoms with van der Waals surface area (Å²) in [4.78, 5) is 20.6. The van der Waals surface area contributed by atoms with Gasteiger partial charge in [0.15, 0.2) is 5.13 Å². The lowest BCUT2D eigenvalue weighted by Crippen LogP contribution is -2.41. The lowest BCUT2D eigenvalue weighted by Gasteiger charge is -2.32. The van der Waals surface area contributed by atoms with E-state index in [1.54, 1.807) is 11.7 Å². The molecule has 3 heterocycles. The molecule has 0 bridgehead atoms. The predicted molar refractivity (Wildman–Crippen MR) is 87.9 cm³/mol. The van der Waals surface area contributed by atoms with Gasteiger partial charge in [-0.2, -0.15) is 0 Å². The highest BCUT2D eigenvalue weighted by molar-refractivity contribution is 7.25. The SMILES string of the molecule is CC1(C)OB(c2cnc(NC(=O)c3cncs3)s2)OC1(C)C. The maximum Gasteiger partial charge on any atom is 0.507 e. The molecular formula is C13H16BN3O3S2. The van der Waals surface area contributed by atoms with E-state index in [0.717, 1.165) is 4.78 Å². The Hall–Kier alpha value is -1.29. The first-order chi connectivity index (χ1) is 10.3. The molecule has 9 heteroatoms.